The second-order valence-electron chi connectivity index (χ2n) is 6.95. The van der Waals surface area contributed by atoms with Crippen molar-refractivity contribution in [2.45, 2.75) is 39.8 Å². The highest BCUT2D eigenvalue weighted by Crippen LogP contribution is 2.24. The van der Waals surface area contributed by atoms with E-state index in [2.05, 4.69) is 20.9 Å². The largest absolute Gasteiger partial charge is 0.488 e. The molecule has 0 radical (unpaired) electrons. The molecule has 0 unspecified atom stereocenters. The minimum Gasteiger partial charge on any atom is -0.488 e. The maximum absolute atomic E-state index is 11.7. The zero-order valence-corrected chi connectivity index (χ0v) is 19.5. The Labute approximate surface area is 179 Å². The van der Waals surface area contributed by atoms with E-state index in [1.54, 1.807) is 14.2 Å². The summed E-state index contributed by atoms with van der Waals surface area (Å²) in [6.07, 6.45) is 0. The summed E-state index contributed by atoms with van der Waals surface area (Å²) in [4.78, 5) is 15.9. The minimum atomic E-state index is -0.275. The highest BCUT2D eigenvalue weighted by molar-refractivity contribution is 14.0. The van der Waals surface area contributed by atoms with Crippen molar-refractivity contribution in [3.05, 3.63) is 29.3 Å². The lowest BCUT2D eigenvalue weighted by Gasteiger charge is -2.24. The van der Waals surface area contributed by atoms with E-state index in [0.717, 1.165) is 16.9 Å². The lowest BCUT2D eigenvalue weighted by atomic mass is 10.1. The van der Waals surface area contributed by atoms with Crippen molar-refractivity contribution in [3.8, 4) is 5.75 Å². The van der Waals surface area contributed by atoms with Gasteiger partial charge in [0, 0.05) is 32.8 Å². The number of hydrogen-bond acceptors (Lipinski definition) is 4. The summed E-state index contributed by atoms with van der Waals surface area (Å²) in [5.41, 5.74) is 1.89. The molecular formula is C19H33IN4O3. The average Bonchev–Trinajstić information content (AvgIpc) is 2.55. The van der Waals surface area contributed by atoms with Crippen molar-refractivity contribution in [1.82, 2.24) is 16.0 Å². The quantitative estimate of drug-likeness (QED) is 0.224. The number of aryl methyl sites for hydroxylation is 1. The van der Waals surface area contributed by atoms with Crippen LogP contribution in [0.5, 0.6) is 5.75 Å². The van der Waals surface area contributed by atoms with Crippen LogP contribution in [0.4, 0.5) is 0 Å². The van der Waals surface area contributed by atoms with Gasteiger partial charge in [-0.25, -0.2) is 0 Å². The molecule has 1 aromatic rings. The number of nitrogens with one attached hydrogen (secondary N) is 3. The first-order valence-corrected chi connectivity index (χ1v) is 8.74. The van der Waals surface area contributed by atoms with Crippen LogP contribution >= 0.6 is 24.0 Å². The van der Waals surface area contributed by atoms with Crippen molar-refractivity contribution in [2.24, 2.45) is 4.99 Å². The molecule has 7 nitrogen and oxygen atoms in total. The molecule has 0 aliphatic carbocycles. The van der Waals surface area contributed by atoms with Crippen LogP contribution in [0.1, 0.15) is 31.9 Å². The van der Waals surface area contributed by atoms with Crippen molar-refractivity contribution < 1.29 is 14.3 Å². The Bertz CT molecular complexity index is 615. The molecule has 1 amide bonds. The highest BCUT2D eigenvalue weighted by Gasteiger charge is 2.15. The van der Waals surface area contributed by atoms with E-state index >= 15 is 0 Å². The molecule has 0 aliphatic heterocycles. The third-order valence-corrected chi connectivity index (χ3v) is 3.35. The zero-order chi connectivity index (χ0) is 19.6. The number of rotatable bonds is 8. The number of guanidine groups is 1. The molecule has 0 fully saturated rings. The molecule has 3 N–H and O–H groups in total. The molecule has 154 valence electrons. The van der Waals surface area contributed by atoms with E-state index in [-0.39, 0.29) is 42.0 Å². The second-order valence-corrected chi connectivity index (χ2v) is 6.95. The van der Waals surface area contributed by atoms with Gasteiger partial charge in [-0.05, 0) is 39.3 Å². The molecule has 27 heavy (non-hydrogen) atoms. The van der Waals surface area contributed by atoms with E-state index in [1.807, 2.05) is 45.9 Å². The minimum absolute atomic E-state index is 0. The van der Waals surface area contributed by atoms with Gasteiger partial charge in [0.1, 0.15) is 11.4 Å². The van der Waals surface area contributed by atoms with E-state index < -0.39 is 0 Å². The average molecular weight is 492 g/mol. The number of halogens is 1. The van der Waals surface area contributed by atoms with Crippen LogP contribution < -0.4 is 20.7 Å². The van der Waals surface area contributed by atoms with Crippen LogP contribution in [0.15, 0.2) is 23.2 Å². The highest BCUT2D eigenvalue weighted by atomic mass is 127. The molecule has 0 saturated heterocycles. The molecule has 0 spiro atoms. The summed E-state index contributed by atoms with van der Waals surface area (Å²) < 4.78 is 11.0. The van der Waals surface area contributed by atoms with Crippen LogP contribution in [0.25, 0.3) is 0 Å². The number of aliphatic imine (C=N–C) groups is 1. The number of amides is 1. The van der Waals surface area contributed by atoms with Crippen molar-refractivity contribution in [3.63, 3.8) is 0 Å². The van der Waals surface area contributed by atoms with Gasteiger partial charge in [0.05, 0.1) is 13.2 Å². The Kier molecular flexibility index (Phi) is 12.0. The molecule has 0 aromatic heterocycles. The third kappa shape index (κ3) is 11.0. The van der Waals surface area contributed by atoms with Crippen molar-refractivity contribution >= 4 is 35.8 Å². The molecule has 0 bridgehead atoms. The van der Waals surface area contributed by atoms with Gasteiger partial charge in [-0.3, -0.25) is 9.79 Å². The molecular weight excluding hydrogens is 459 g/mol. The van der Waals surface area contributed by atoms with E-state index in [1.165, 1.54) is 0 Å². The monoisotopic (exact) mass is 492 g/mol. The van der Waals surface area contributed by atoms with E-state index in [9.17, 15) is 4.79 Å². The Hall–Kier alpha value is -1.55. The number of ether oxygens (including phenoxy) is 2. The smallest absolute Gasteiger partial charge is 0.239 e. The fourth-order valence-electron chi connectivity index (χ4n) is 2.15. The van der Waals surface area contributed by atoms with Crippen LogP contribution in [-0.4, -0.2) is 51.3 Å². The summed E-state index contributed by atoms with van der Waals surface area (Å²) in [6.45, 7) is 9.76. The number of nitrogens with zero attached hydrogens (tertiary/aromatic N) is 1. The summed E-state index contributed by atoms with van der Waals surface area (Å²) >= 11 is 0. The van der Waals surface area contributed by atoms with E-state index in [4.69, 9.17) is 9.47 Å². The SMILES string of the molecule is CN=C(NCC(=O)NCCOC)NCc1ccc(C)cc1OC(C)(C)C.I. The number of carbonyl (C=O) groups is 1. The van der Waals surface area contributed by atoms with Gasteiger partial charge in [-0.15, -0.1) is 24.0 Å². The standard InChI is InChI=1S/C19H32N4O3.HI/c1-14-7-8-15(16(11-14)26-19(2,3)4)12-22-18(20-5)23-13-17(24)21-9-10-25-6;/h7-8,11H,9-10,12-13H2,1-6H3,(H,21,24)(H2,20,22,23);1H. The molecule has 8 heteroatoms. The Morgan fingerprint density at radius 1 is 1.19 bits per heavy atom. The maximum atomic E-state index is 11.7. The first-order valence-electron chi connectivity index (χ1n) is 8.74. The second kappa shape index (κ2) is 12.8. The zero-order valence-electron chi connectivity index (χ0n) is 17.1. The number of benzene rings is 1. The fraction of sp³-hybridized carbons (Fsp3) is 0.579. The van der Waals surface area contributed by atoms with Crippen LogP contribution in [0, 0.1) is 6.92 Å². The Balaban J connectivity index is 0.00000676. The third-order valence-electron chi connectivity index (χ3n) is 3.35. The topological polar surface area (TPSA) is 84.0 Å². The van der Waals surface area contributed by atoms with Crippen molar-refractivity contribution in [2.75, 3.05) is 33.9 Å². The Morgan fingerprint density at radius 2 is 1.89 bits per heavy atom. The Morgan fingerprint density at radius 3 is 2.48 bits per heavy atom. The molecule has 0 aliphatic rings. The van der Waals surface area contributed by atoms with Gasteiger partial charge in [-0.1, -0.05) is 12.1 Å². The number of carbonyl (C=O) groups excluding carboxylic acids is 1. The fourth-order valence-corrected chi connectivity index (χ4v) is 2.15. The summed E-state index contributed by atoms with van der Waals surface area (Å²) in [7, 11) is 3.26. The lowest BCUT2D eigenvalue weighted by molar-refractivity contribution is -0.120. The van der Waals surface area contributed by atoms with Gasteiger partial charge < -0.3 is 25.4 Å². The number of methoxy groups -OCH3 is 1. The van der Waals surface area contributed by atoms with Gasteiger partial charge >= 0.3 is 0 Å². The van der Waals surface area contributed by atoms with E-state index in [0.29, 0.717) is 25.7 Å². The summed E-state index contributed by atoms with van der Waals surface area (Å²) in [5.74, 6) is 1.28. The lowest BCUT2D eigenvalue weighted by Crippen LogP contribution is -2.43. The van der Waals surface area contributed by atoms with Gasteiger partial charge in [0.25, 0.3) is 0 Å². The molecule has 0 atom stereocenters. The van der Waals surface area contributed by atoms with Crippen LogP contribution in [0.3, 0.4) is 0 Å². The normalized spacial score (nSPS) is 11.4. The van der Waals surface area contributed by atoms with Gasteiger partial charge in [-0.2, -0.15) is 0 Å². The van der Waals surface area contributed by atoms with Gasteiger partial charge in [0.15, 0.2) is 5.96 Å². The predicted octanol–water partition coefficient (Wildman–Crippen LogP) is 2.22. The summed E-state index contributed by atoms with van der Waals surface area (Å²) in [5, 5.41) is 8.95. The molecule has 0 saturated carbocycles. The molecule has 0 heterocycles. The first-order chi connectivity index (χ1) is 12.2. The van der Waals surface area contributed by atoms with Crippen LogP contribution in [0.2, 0.25) is 0 Å². The van der Waals surface area contributed by atoms with Gasteiger partial charge in [0.2, 0.25) is 5.91 Å². The number of hydrogen-bond donors (Lipinski definition) is 3. The van der Waals surface area contributed by atoms with Crippen LogP contribution in [-0.2, 0) is 16.1 Å². The maximum Gasteiger partial charge on any atom is 0.239 e. The van der Waals surface area contributed by atoms with Crippen molar-refractivity contribution in [1.29, 1.82) is 0 Å². The molecule has 1 rings (SSSR count). The molecule has 1 aromatic carbocycles. The summed E-state index contributed by atoms with van der Waals surface area (Å²) in [6, 6.07) is 6.11. The predicted molar refractivity (Wildman–Crippen MR) is 120 cm³/mol. The first kappa shape index (κ1) is 25.4.